The number of ether oxygens (including phenoxy) is 1. The lowest BCUT2D eigenvalue weighted by Crippen LogP contribution is -2.47. The van der Waals surface area contributed by atoms with Gasteiger partial charge in [0.05, 0.1) is 11.5 Å². The Balaban J connectivity index is 1.64. The van der Waals surface area contributed by atoms with Crippen molar-refractivity contribution in [2.75, 3.05) is 36.0 Å². The lowest BCUT2D eigenvalue weighted by Gasteiger charge is -2.36. The zero-order valence-corrected chi connectivity index (χ0v) is 18.1. The third-order valence-electron chi connectivity index (χ3n) is 4.82. The van der Waals surface area contributed by atoms with Crippen LogP contribution in [0.2, 0.25) is 5.28 Å². The molecule has 0 radical (unpaired) electrons. The molecule has 0 spiro atoms. The molecule has 0 atom stereocenters. The first kappa shape index (κ1) is 19.8. The fraction of sp³-hybridized carbons (Fsp3) is 0.400. The predicted octanol–water partition coefficient (Wildman–Crippen LogP) is 3.94. The molecular weight excluding hydrogens is 410 g/mol. The zero-order valence-electron chi connectivity index (χ0n) is 16.6. The lowest BCUT2D eigenvalue weighted by atomic mass is 10.2. The van der Waals surface area contributed by atoms with Crippen molar-refractivity contribution in [2.45, 2.75) is 26.9 Å². The number of aryl methyl sites for hydroxylation is 1. The van der Waals surface area contributed by atoms with Gasteiger partial charge in [0.2, 0.25) is 5.28 Å². The van der Waals surface area contributed by atoms with Crippen LogP contribution in [0.25, 0.3) is 10.2 Å². The highest BCUT2D eigenvalue weighted by Crippen LogP contribution is 2.37. The lowest BCUT2D eigenvalue weighted by molar-refractivity contribution is 0.0383. The van der Waals surface area contributed by atoms with Crippen LogP contribution in [0.3, 0.4) is 0 Å². The first-order valence-electron chi connectivity index (χ1n) is 9.52. The average molecular weight is 432 g/mol. The van der Waals surface area contributed by atoms with Crippen molar-refractivity contribution < 1.29 is 9.53 Å². The Labute approximate surface area is 178 Å². The molecule has 29 heavy (non-hydrogen) atoms. The van der Waals surface area contributed by atoms with E-state index in [9.17, 15) is 4.79 Å². The SMILES string of the molecule is Cc1c(C(=O)OC(C)C)sc2nc(Cl)nc(N3CCN(c4ccccn4)CC3)c12. The minimum Gasteiger partial charge on any atom is -0.459 e. The summed E-state index contributed by atoms with van der Waals surface area (Å²) in [5, 5.41) is 1.06. The summed E-state index contributed by atoms with van der Waals surface area (Å²) in [7, 11) is 0. The van der Waals surface area contributed by atoms with Crippen molar-refractivity contribution in [1.82, 2.24) is 15.0 Å². The first-order chi connectivity index (χ1) is 13.9. The van der Waals surface area contributed by atoms with Gasteiger partial charge in [-0.3, -0.25) is 0 Å². The maximum Gasteiger partial charge on any atom is 0.348 e. The Kier molecular flexibility index (Phi) is 5.56. The number of esters is 1. The molecule has 0 bridgehead atoms. The molecule has 4 heterocycles. The monoisotopic (exact) mass is 431 g/mol. The van der Waals surface area contributed by atoms with E-state index in [0.29, 0.717) is 9.71 Å². The molecular formula is C20H22ClN5O2S. The first-order valence-corrected chi connectivity index (χ1v) is 10.7. The summed E-state index contributed by atoms with van der Waals surface area (Å²) in [5.41, 5.74) is 0.842. The normalized spacial score (nSPS) is 14.7. The van der Waals surface area contributed by atoms with E-state index in [1.54, 1.807) is 0 Å². The highest BCUT2D eigenvalue weighted by atomic mass is 35.5. The van der Waals surface area contributed by atoms with Crippen molar-refractivity contribution in [1.29, 1.82) is 0 Å². The number of aromatic nitrogens is 3. The fourth-order valence-electron chi connectivity index (χ4n) is 3.47. The fourth-order valence-corrected chi connectivity index (χ4v) is 4.74. The number of pyridine rings is 1. The molecule has 4 rings (SSSR count). The van der Waals surface area contributed by atoms with Gasteiger partial charge in [0.15, 0.2) is 0 Å². The standard InChI is InChI=1S/C20H22ClN5O2S/c1-12(2)28-19(27)16-13(3)15-17(23-20(21)24-18(15)29-16)26-10-8-25(9-11-26)14-6-4-5-7-22-14/h4-7,12H,8-11H2,1-3H3. The molecule has 1 aliphatic heterocycles. The Morgan fingerprint density at radius 1 is 1.17 bits per heavy atom. The van der Waals surface area contributed by atoms with Crippen molar-refractivity contribution in [3.63, 3.8) is 0 Å². The molecule has 3 aromatic rings. The van der Waals surface area contributed by atoms with Crippen LogP contribution < -0.4 is 9.80 Å². The summed E-state index contributed by atoms with van der Waals surface area (Å²) in [6.45, 7) is 8.80. The average Bonchev–Trinajstić information content (AvgIpc) is 3.04. The van der Waals surface area contributed by atoms with E-state index >= 15 is 0 Å². The summed E-state index contributed by atoms with van der Waals surface area (Å²) < 4.78 is 5.39. The second kappa shape index (κ2) is 8.12. The molecule has 0 aromatic carbocycles. The number of fused-ring (bicyclic) bond motifs is 1. The molecule has 0 N–H and O–H groups in total. The van der Waals surface area contributed by atoms with Crippen molar-refractivity contribution in [3.8, 4) is 0 Å². The second-order valence-electron chi connectivity index (χ2n) is 7.17. The van der Waals surface area contributed by atoms with E-state index in [2.05, 4.69) is 24.8 Å². The maximum absolute atomic E-state index is 12.5. The number of piperazine rings is 1. The third kappa shape index (κ3) is 4.00. The Hall–Kier alpha value is -2.45. The van der Waals surface area contributed by atoms with Crippen molar-refractivity contribution >= 4 is 50.8 Å². The van der Waals surface area contributed by atoms with Gasteiger partial charge in [-0.25, -0.2) is 14.8 Å². The van der Waals surface area contributed by atoms with Crippen LogP contribution in [0.15, 0.2) is 24.4 Å². The van der Waals surface area contributed by atoms with Gasteiger partial charge in [0.25, 0.3) is 0 Å². The van der Waals surface area contributed by atoms with Gasteiger partial charge >= 0.3 is 5.97 Å². The molecule has 0 aliphatic carbocycles. The van der Waals surface area contributed by atoms with Gasteiger partial charge in [0.1, 0.15) is 21.3 Å². The molecule has 0 unspecified atom stereocenters. The second-order valence-corrected chi connectivity index (χ2v) is 8.51. The van der Waals surface area contributed by atoms with Crippen LogP contribution in [0.1, 0.15) is 29.1 Å². The smallest absolute Gasteiger partial charge is 0.348 e. The van der Waals surface area contributed by atoms with Crippen LogP contribution in [0.5, 0.6) is 0 Å². The van der Waals surface area contributed by atoms with Gasteiger partial charge in [0, 0.05) is 32.4 Å². The van der Waals surface area contributed by atoms with Crippen LogP contribution >= 0.6 is 22.9 Å². The van der Waals surface area contributed by atoms with E-state index in [4.69, 9.17) is 16.3 Å². The van der Waals surface area contributed by atoms with Gasteiger partial charge < -0.3 is 14.5 Å². The number of hydrogen-bond acceptors (Lipinski definition) is 8. The predicted molar refractivity (Wildman–Crippen MR) is 116 cm³/mol. The van der Waals surface area contributed by atoms with E-state index in [1.807, 2.05) is 45.2 Å². The summed E-state index contributed by atoms with van der Waals surface area (Å²) in [6.07, 6.45) is 1.63. The Morgan fingerprint density at radius 2 is 1.90 bits per heavy atom. The molecule has 1 saturated heterocycles. The Morgan fingerprint density at radius 3 is 2.55 bits per heavy atom. The number of carbonyl (C=O) groups excluding carboxylic acids is 1. The van der Waals surface area contributed by atoms with E-state index in [0.717, 1.165) is 48.8 Å². The molecule has 1 aliphatic rings. The molecule has 9 heteroatoms. The summed E-state index contributed by atoms with van der Waals surface area (Å²) >= 11 is 7.52. The molecule has 1 fully saturated rings. The van der Waals surface area contributed by atoms with Crippen molar-refractivity contribution in [3.05, 3.63) is 40.1 Å². The number of halogens is 1. The molecule has 0 amide bonds. The maximum atomic E-state index is 12.5. The summed E-state index contributed by atoms with van der Waals surface area (Å²) in [4.78, 5) is 31.5. The largest absolute Gasteiger partial charge is 0.459 e. The zero-order chi connectivity index (χ0) is 20.5. The van der Waals surface area contributed by atoms with Crippen LogP contribution in [-0.4, -0.2) is 53.2 Å². The highest BCUT2D eigenvalue weighted by Gasteiger charge is 2.26. The summed E-state index contributed by atoms with van der Waals surface area (Å²) in [6, 6.07) is 5.93. The van der Waals surface area contributed by atoms with E-state index in [-0.39, 0.29) is 17.4 Å². The number of nitrogens with zero attached hydrogens (tertiary/aromatic N) is 5. The summed E-state index contributed by atoms with van der Waals surface area (Å²) in [5.74, 6) is 1.42. The molecule has 152 valence electrons. The van der Waals surface area contributed by atoms with Crippen LogP contribution in [0, 0.1) is 6.92 Å². The van der Waals surface area contributed by atoms with E-state index < -0.39 is 0 Å². The quantitative estimate of drug-likeness (QED) is 0.457. The number of rotatable bonds is 4. The highest BCUT2D eigenvalue weighted by molar-refractivity contribution is 7.20. The van der Waals surface area contributed by atoms with Crippen molar-refractivity contribution in [2.24, 2.45) is 0 Å². The number of anilines is 2. The number of hydrogen-bond donors (Lipinski definition) is 0. The van der Waals surface area contributed by atoms with E-state index in [1.165, 1.54) is 11.3 Å². The molecule has 7 nitrogen and oxygen atoms in total. The van der Waals surface area contributed by atoms with Crippen LogP contribution in [-0.2, 0) is 4.74 Å². The number of thiophene rings is 1. The van der Waals surface area contributed by atoms with Gasteiger partial charge in [-0.05, 0) is 50.1 Å². The molecule has 3 aromatic heterocycles. The number of carbonyl (C=O) groups is 1. The minimum absolute atomic E-state index is 0.180. The Bertz CT molecular complexity index is 1030. The van der Waals surface area contributed by atoms with Gasteiger partial charge in [-0.2, -0.15) is 4.98 Å². The van der Waals surface area contributed by atoms with Crippen LogP contribution in [0.4, 0.5) is 11.6 Å². The molecule has 0 saturated carbocycles. The third-order valence-corrected chi connectivity index (χ3v) is 6.16. The minimum atomic E-state index is -0.331. The van der Waals surface area contributed by atoms with Gasteiger partial charge in [-0.1, -0.05) is 6.07 Å². The van der Waals surface area contributed by atoms with Gasteiger partial charge in [-0.15, -0.1) is 11.3 Å². The topological polar surface area (TPSA) is 71.5 Å².